The number of benzene rings is 1. The van der Waals surface area contributed by atoms with E-state index >= 15 is 0 Å². The molecule has 3 rings (SSSR count). The molecule has 0 aliphatic rings. The van der Waals surface area contributed by atoms with Crippen LogP contribution in [0.2, 0.25) is 0 Å². The van der Waals surface area contributed by atoms with Crippen molar-refractivity contribution < 1.29 is 9.47 Å². The molecule has 0 bridgehead atoms. The maximum Gasteiger partial charge on any atom is 0.183 e. The van der Waals surface area contributed by atoms with Crippen LogP contribution in [0, 0.1) is 13.8 Å². The van der Waals surface area contributed by atoms with Crippen molar-refractivity contribution >= 4 is 16.5 Å². The van der Waals surface area contributed by atoms with Gasteiger partial charge in [0.15, 0.2) is 5.13 Å². The van der Waals surface area contributed by atoms with Crippen LogP contribution in [0.5, 0.6) is 5.75 Å². The standard InChI is InChI=1S/C20H25N3O2S/c1-14-11-17(15(2)23(14)9-10-24-3)18-13-26-20(22-18)21-12-16-7-5-6-8-19(16)25-4/h5-8,11,13H,9-10,12H2,1-4H3,(H,21,22). The SMILES string of the molecule is COCCn1c(C)cc(-c2csc(NCc3ccccc3OC)n2)c1C. The first kappa shape index (κ1) is 18.5. The Hall–Kier alpha value is -2.31. The molecular weight excluding hydrogens is 346 g/mol. The quantitative estimate of drug-likeness (QED) is 0.633. The zero-order valence-electron chi connectivity index (χ0n) is 15.7. The zero-order valence-corrected chi connectivity index (χ0v) is 16.5. The summed E-state index contributed by atoms with van der Waals surface area (Å²) in [4.78, 5) is 4.77. The number of nitrogens with zero attached hydrogens (tertiary/aromatic N) is 2. The summed E-state index contributed by atoms with van der Waals surface area (Å²) >= 11 is 1.62. The van der Waals surface area contributed by atoms with Gasteiger partial charge in [0, 0.05) is 48.1 Å². The lowest BCUT2D eigenvalue weighted by molar-refractivity contribution is 0.186. The molecule has 5 nitrogen and oxygen atoms in total. The average molecular weight is 372 g/mol. The summed E-state index contributed by atoms with van der Waals surface area (Å²) in [6.07, 6.45) is 0. The highest BCUT2D eigenvalue weighted by molar-refractivity contribution is 7.14. The van der Waals surface area contributed by atoms with Crippen molar-refractivity contribution in [1.82, 2.24) is 9.55 Å². The summed E-state index contributed by atoms with van der Waals surface area (Å²) in [7, 11) is 3.43. The summed E-state index contributed by atoms with van der Waals surface area (Å²) in [5, 5.41) is 6.42. The third kappa shape index (κ3) is 3.92. The number of hydrogen-bond acceptors (Lipinski definition) is 5. The Morgan fingerprint density at radius 2 is 2.00 bits per heavy atom. The van der Waals surface area contributed by atoms with Crippen LogP contribution >= 0.6 is 11.3 Å². The fraction of sp³-hybridized carbons (Fsp3) is 0.350. The van der Waals surface area contributed by atoms with Crippen molar-refractivity contribution in [1.29, 1.82) is 0 Å². The molecule has 0 amide bonds. The Labute approximate surface area is 158 Å². The first-order valence-electron chi connectivity index (χ1n) is 8.61. The van der Waals surface area contributed by atoms with E-state index in [1.165, 1.54) is 17.0 Å². The molecule has 0 fully saturated rings. The molecule has 0 aliphatic carbocycles. The second-order valence-electron chi connectivity index (χ2n) is 6.13. The van der Waals surface area contributed by atoms with Crippen molar-refractivity contribution in [3.63, 3.8) is 0 Å². The number of anilines is 1. The Balaban J connectivity index is 1.74. The molecule has 0 unspecified atom stereocenters. The Morgan fingerprint density at radius 3 is 2.77 bits per heavy atom. The van der Waals surface area contributed by atoms with E-state index in [-0.39, 0.29) is 0 Å². The molecule has 1 aromatic carbocycles. The van der Waals surface area contributed by atoms with Gasteiger partial charge in [-0.2, -0.15) is 0 Å². The molecule has 0 aliphatic heterocycles. The van der Waals surface area contributed by atoms with Crippen LogP contribution in [-0.4, -0.2) is 30.4 Å². The van der Waals surface area contributed by atoms with Crippen LogP contribution in [0.4, 0.5) is 5.13 Å². The summed E-state index contributed by atoms with van der Waals surface area (Å²) < 4.78 is 12.9. The largest absolute Gasteiger partial charge is 0.496 e. The van der Waals surface area contributed by atoms with E-state index in [9.17, 15) is 0 Å². The molecule has 0 radical (unpaired) electrons. The van der Waals surface area contributed by atoms with Crippen molar-refractivity contribution in [2.24, 2.45) is 0 Å². The van der Waals surface area contributed by atoms with Crippen molar-refractivity contribution in [3.05, 3.63) is 52.7 Å². The molecule has 138 valence electrons. The van der Waals surface area contributed by atoms with Gasteiger partial charge in [-0.3, -0.25) is 0 Å². The number of methoxy groups -OCH3 is 2. The number of rotatable bonds is 8. The zero-order chi connectivity index (χ0) is 18.5. The summed E-state index contributed by atoms with van der Waals surface area (Å²) in [6, 6.07) is 10.2. The summed E-state index contributed by atoms with van der Waals surface area (Å²) in [5.41, 5.74) is 5.76. The van der Waals surface area contributed by atoms with Crippen LogP contribution < -0.4 is 10.1 Å². The second-order valence-corrected chi connectivity index (χ2v) is 6.99. The molecule has 2 aromatic heterocycles. The van der Waals surface area contributed by atoms with E-state index < -0.39 is 0 Å². The number of aryl methyl sites for hydroxylation is 1. The smallest absolute Gasteiger partial charge is 0.183 e. The van der Waals surface area contributed by atoms with E-state index in [0.29, 0.717) is 13.2 Å². The van der Waals surface area contributed by atoms with E-state index in [1.54, 1.807) is 25.6 Å². The maximum atomic E-state index is 5.40. The van der Waals surface area contributed by atoms with Gasteiger partial charge in [0.05, 0.1) is 19.4 Å². The van der Waals surface area contributed by atoms with Gasteiger partial charge in [-0.05, 0) is 26.0 Å². The highest BCUT2D eigenvalue weighted by atomic mass is 32.1. The summed E-state index contributed by atoms with van der Waals surface area (Å²) in [5.74, 6) is 0.887. The molecule has 0 spiro atoms. The Kier molecular flexibility index (Phi) is 5.96. The molecule has 0 saturated heterocycles. The van der Waals surface area contributed by atoms with E-state index in [1.807, 2.05) is 18.2 Å². The van der Waals surface area contributed by atoms with Gasteiger partial charge < -0.3 is 19.4 Å². The molecule has 0 saturated carbocycles. The van der Waals surface area contributed by atoms with Gasteiger partial charge in [0.1, 0.15) is 5.75 Å². The lowest BCUT2D eigenvalue weighted by Crippen LogP contribution is -2.07. The Morgan fingerprint density at radius 1 is 1.19 bits per heavy atom. The minimum atomic E-state index is 0.684. The lowest BCUT2D eigenvalue weighted by atomic mass is 10.2. The molecule has 6 heteroatoms. The molecule has 3 aromatic rings. The van der Waals surface area contributed by atoms with E-state index in [4.69, 9.17) is 14.5 Å². The molecule has 1 N–H and O–H groups in total. The molecular formula is C20H25N3O2S. The van der Waals surface area contributed by atoms with Crippen LogP contribution in [0.15, 0.2) is 35.7 Å². The first-order chi connectivity index (χ1) is 12.6. The van der Waals surface area contributed by atoms with Crippen molar-refractivity contribution in [2.75, 3.05) is 26.1 Å². The third-order valence-corrected chi connectivity index (χ3v) is 5.30. The van der Waals surface area contributed by atoms with E-state index in [0.717, 1.165) is 28.7 Å². The van der Waals surface area contributed by atoms with E-state index in [2.05, 4.69) is 41.2 Å². The number of nitrogens with one attached hydrogen (secondary N) is 1. The number of thiazole rings is 1. The lowest BCUT2D eigenvalue weighted by Gasteiger charge is -2.09. The van der Waals surface area contributed by atoms with Crippen LogP contribution in [-0.2, 0) is 17.8 Å². The van der Waals surface area contributed by atoms with Gasteiger partial charge in [0.2, 0.25) is 0 Å². The second kappa shape index (κ2) is 8.38. The highest BCUT2D eigenvalue weighted by Gasteiger charge is 2.13. The van der Waals surface area contributed by atoms with Gasteiger partial charge >= 0.3 is 0 Å². The van der Waals surface area contributed by atoms with Crippen LogP contribution in [0.1, 0.15) is 17.0 Å². The normalized spacial score (nSPS) is 10.9. The van der Waals surface area contributed by atoms with Gasteiger partial charge in [-0.15, -0.1) is 11.3 Å². The topological polar surface area (TPSA) is 48.3 Å². The average Bonchev–Trinajstić information content (AvgIpc) is 3.23. The number of ether oxygens (including phenoxy) is 2. The van der Waals surface area contributed by atoms with Gasteiger partial charge in [-0.1, -0.05) is 18.2 Å². The third-order valence-electron chi connectivity index (χ3n) is 4.50. The molecule has 0 atom stereocenters. The van der Waals surface area contributed by atoms with Crippen molar-refractivity contribution in [2.45, 2.75) is 26.9 Å². The maximum absolute atomic E-state index is 5.40. The minimum Gasteiger partial charge on any atom is -0.496 e. The summed E-state index contributed by atoms with van der Waals surface area (Å²) in [6.45, 7) is 6.51. The minimum absolute atomic E-state index is 0.684. The van der Waals surface area contributed by atoms with Crippen LogP contribution in [0.3, 0.4) is 0 Å². The van der Waals surface area contributed by atoms with Crippen LogP contribution in [0.25, 0.3) is 11.3 Å². The fourth-order valence-electron chi connectivity index (χ4n) is 3.09. The van der Waals surface area contributed by atoms with Gasteiger partial charge in [0.25, 0.3) is 0 Å². The van der Waals surface area contributed by atoms with Gasteiger partial charge in [-0.25, -0.2) is 4.98 Å². The number of aromatic nitrogens is 2. The molecule has 2 heterocycles. The fourth-order valence-corrected chi connectivity index (χ4v) is 3.80. The Bertz CT molecular complexity index is 870. The molecule has 26 heavy (non-hydrogen) atoms. The number of para-hydroxylation sites is 1. The highest BCUT2D eigenvalue weighted by Crippen LogP contribution is 2.30. The predicted molar refractivity (Wildman–Crippen MR) is 107 cm³/mol. The first-order valence-corrected chi connectivity index (χ1v) is 9.49. The van der Waals surface area contributed by atoms with Crippen molar-refractivity contribution in [3.8, 4) is 17.0 Å². The monoisotopic (exact) mass is 371 g/mol. The number of hydrogen-bond donors (Lipinski definition) is 1. The predicted octanol–water partition coefficient (Wildman–Crippen LogP) is 4.50.